The van der Waals surface area contributed by atoms with Crippen molar-refractivity contribution in [3.63, 3.8) is 0 Å². The van der Waals surface area contributed by atoms with Gasteiger partial charge in [0.1, 0.15) is 18.1 Å². The molecule has 3 rings (SSSR count). The molecule has 1 aromatic carbocycles. The Balaban J connectivity index is 1.91. The maximum Gasteiger partial charge on any atom is 0.159 e. The number of benzene rings is 1. The van der Waals surface area contributed by atoms with E-state index in [-0.39, 0.29) is 5.76 Å². The summed E-state index contributed by atoms with van der Waals surface area (Å²) in [7, 11) is 2.15. The van der Waals surface area contributed by atoms with E-state index in [9.17, 15) is 9.90 Å². The monoisotopic (exact) mass is 287 g/mol. The van der Waals surface area contributed by atoms with Gasteiger partial charge >= 0.3 is 0 Å². The average molecular weight is 287 g/mol. The second-order valence-corrected chi connectivity index (χ2v) is 6.05. The first-order valence-electron chi connectivity index (χ1n) is 7.71. The Morgan fingerprint density at radius 2 is 2.00 bits per heavy atom. The van der Waals surface area contributed by atoms with Crippen LogP contribution in [0.5, 0.6) is 0 Å². The highest BCUT2D eigenvalue weighted by Gasteiger charge is 2.25. The molecule has 0 radical (unpaired) electrons. The molecule has 0 bridgehead atoms. The van der Waals surface area contributed by atoms with Crippen LogP contribution in [0.3, 0.4) is 0 Å². The molecule has 1 aliphatic rings. The highest BCUT2D eigenvalue weighted by atomic mass is 16.4. The van der Waals surface area contributed by atoms with Crippen LogP contribution in [-0.2, 0) is 6.54 Å². The quantitative estimate of drug-likeness (QED) is 0.917. The standard InChI is InChI=1S/C17H21NO3/c1-18(12-7-3-2-4-8-12)11-14-13-9-5-6-10-15(13)21-16(14)17(19)20/h5-6,9-10,12H,2-4,7-8,11H2,1H3,(H,19,20). The van der Waals surface area contributed by atoms with E-state index in [2.05, 4.69) is 7.05 Å². The van der Waals surface area contributed by atoms with E-state index in [1.165, 1.54) is 37.0 Å². The second kappa shape index (κ2) is 5.90. The number of fused-ring (bicyclic) bond motifs is 1. The third-order valence-corrected chi connectivity index (χ3v) is 4.64. The number of carboxylic acids is 1. The van der Waals surface area contributed by atoms with Crippen LogP contribution >= 0.6 is 0 Å². The summed E-state index contributed by atoms with van der Waals surface area (Å²) < 4.78 is 5.47. The van der Waals surface area contributed by atoms with Gasteiger partial charge < -0.3 is 19.2 Å². The summed E-state index contributed by atoms with van der Waals surface area (Å²) in [6.07, 6.45) is 6.33. The first kappa shape index (κ1) is 14.1. The van der Waals surface area contributed by atoms with Gasteiger partial charge in [-0.15, -0.1) is 0 Å². The van der Waals surface area contributed by atoms with Gasteiger partial charge in [-0.05, 0) is 31.7 Å². The van der Waals surface area contributed by atoms with Gasteiger partial charge in [0.25, 0.3) is 0 Å². The molecule has 4 nitrogen and oxygen atoms in total. The van der Waals surface area contributed by atoms with Crippen LogP contribution in [0.1, 0.15) is 48.2 Å². The zero-order valence-electron chi connectivity index (χ0n) is 12.4. The van der Waals surface area contributed by atoms with Crippen LogP contribution in [0.15, 0.2) is 28.7 Å². The van der Waals surface area contributed by atoms with E-state index in [0.717, 1.165) is 10.9 Å². The van der Waals surface area contributed by atoms with Crippen molar-refractivity contribution >= 4 is 16.9 Å². The minimum absolute atomic E-state index is 0.00800. The number of carbonyl (C=O) groups is 1. The molecule has 4 heteroatoms. The molecule has 0 aliphatic heterocycles. The normalized spacial score (nSPS) is 18.0. The number of para-hydroxylation sites is 1. The van der Waals surface area contributed by atoms with Gasteiger partial charge in [-0.2, -0.15) is 0 Å². The molecular formula is C17H21NO3. The number of nitrogens with one attached hydrogen (secondary N) is 1. The molecule has 1 heterocycles. The highest BCUT2D eigenvalue weighted by Crippen LogP contribution is 2.25. The summed E-state index contributed by atoms with van der Waals surface area (Å²) in [5.41, 5.74) is 1.40. The summed E-state index contributed by atoms with van der Waals surface area (Å²) in [6.45, 7) is 0.672. The minimum atomic E-state index is -1.22. The minimum Gasteiger partial charge on any atom is -0.542 e. The molecule has 1 N–H and O–H groups in total. The Labute approximate surface area is 124 Å². The Kier molecular flexibility index (Phi) is 3.97. The predicted octanol–water partition coefficient (Wildman–Crippen LogP) is 1.14. The lowest BCUT2D eigenvalue weighted by Gasteiger charge is -2.28. The molecule has 0 amide bonds. The van der Waals surface area contributed by atoms with E-state index in [0.29, 0.717) is 18.2 Å². The van der Waals surface area contributed by atoms with Gasteiger partial charge in [0.2, 0.25) is 0 Å². The topological polar surface area (TPSA) is 57.7 Å². The molecule has 112 valence electrons. The second-order valence-electron chi connectivity index (χ2n) is 6.05. The molecule has 1 fully saturated rings. The van der Waals surface area contributed by atoms with Crippen LogP contribution in [0.25, 0.3) is 11.0 Å². The van der Waals surface area contributed by atoms with Crippen LogP contribution in [0.4, 0.5) is 0 Å². The van der Waals surface area contributed by atoms with Gasteiger partial charge in [-0.1, -0.05) is 24.6 Å². The Bertz CT molecular complexity index is 641. The lowest BCUT2D eigenvalue weighted by Crippen LogP contribution is -3.11. The summed E-state index contributed by atoms with van der Waals surface area (Å²) in [5, 5.41) is 12.2. The number of quaternary nitrogens is 1. The Morgan fingerprint density at radius 1 is 1.29 bits per heavy atom. The number of furan rings is 1. The van der Waals surface area contributed by atoms with Crippen LogP contribution < -0.4 is 10.0 Å². The molecule has 1 unspecified atom stereocenters. The van der Waals surface area contributed by atoms with E-state index in [4.69, 9.17) is 4.42 Å². The van der Waals surface area contributed by atoms with Crippen molar-refractivity contribution in [1.82, 2.24) is 0 Å². The molecule has 2 aromatic rings. The van der Waals surface area contributed by atoms with Crippen molar-refractivity contribution in [2.24, 2.45) is 0 Å². The largest absolute Gasteiger partial charge is 0.542 e. The number of rotatable bonds is 4. The van der Waals surface area contributed by atoms with Gasteiger partial charge in [-0.25, -0.2) is 0 Å². The molecular weight excluding hydrogens is 266 g/mol. The Hall–Kier alpha value is -1.81. The molecule has 1 saturated carbocycles. The maximum absolute atomic E-state index is 11.3. The summed E-state index contributed by atoms with van der Waals surface area (Å²) in [4.78, 5) is 12.7. The smallest absolute Gasteiger partial charge is 0.159 e. The third-order valence-electron chi connectivity index (χ3n) is 4.64. The summed E-state index contributed by atoms with van der Waals surface area (Å²) in [5.74, 6) is -1.23. The first-order chi connectivity index (χ1) is 10.2. The molecule has 0 spiro atoms. The number of hydrogen-bond acceptors (Lipinski definition) is 3. The van der Waals surface area contributed by atoms with Crippen molar-refractivity contribution in [1.29, 1.82) is 0 Å². The van der Waals surface area contributed by atoms with E-state index >= 15 is 0 Å². The lowest BCUT2D eigenvalue weighted by atomic mass is 9.94. The van der Waals surface area contributed by atoms with Gasteiger partial charge in [0.15, 0.2) is 5.76 Å². The molecule has 1 aliphatic carbocycles. The van der Waals surface area contributed by atoms with E-state index in [1.807, 2.05) is 18.2 Å². The zero-order valence-corrected chi connectivity index (χ0v) is 12.4. The number of carbonyl (C=O) groups excluding carboxylic acids is 1. The van der Waals surface area contributed by atoms with Crippen LogP contribution in [-0.4, -0.2) is 19.1 Å². The fourth-order valence-electron chi connectivity index (χ4n) is 3.46. The zero-order chi connectivity index (χ0) is 14.8. The number of carboxylic acid groups (broad SMARTS) is 1. The first-order valence-corrected chi connectivity index (χ1v) is 7.71. The van der Waals surface area contributed by atoms with E-state index < -0.39 is 5.97 Å². The van der Waals surface area contributed by atoms with Crippen molar-refractivity contribution < 1.29 is 19.2 Å². The number of aromatic carboxylic acids is 1. The molecule has 21 heavy (non-hydrogen) atoms. The van der Waals surface area contributed by atoms with Crippen molar-refractivity contribution in [2.75, 3.05) is 7.05 Å². The average Bonchev–Trinajstić information content (AvgIpc) is 2.87. The number of hydrogen-bond donors (Lipinski definition) is 1. The maximum atomic E-state index is 11.3. The molecule has 0 saturated heterocycles. The molecule has 1 atom stereocenters. The summed E-state index contributed by atoms with van der Waals surface area (Å²) >= 11 is 0. The fraction of sp³-hybridized carbons (Fsp3) is 0.471. The lowest BCUT2D eigenvalue weighted by molar-refractivity contribution is -0.921. The fourth-order valence-corrected chi connectivity index (χ4v) is 3.46. The van der Waals surface area contributed by atoms with Crippen LogP contribution in [0.2, 0.25) is 0 Å². The Morgan fingerprint density at radius 3 is 2.71 bits per heavy atom. The predicted molar refractivity (Wildman–Crippen MR) is 78.0 cm³/mol. The molecule has 1 aromatic heterocycles. The van der Waals surface area contributed by atoms with Crippen molar-refractivity contribution in [3.8, 4) is 0 Å². The summed E-state index contributed by atoms with van der Waals surface area (Å²) in [6, 6.07) is 8.11. The third kappa shape index (κ3) is 2.81. The van der Waals surface area contributed by atoms with E-state index in [1.54, 1.807) is 6.07 Å². The van der Waals surface area contributed by atoms with Crippen molar-refractivity contribution in [2.45, 2.75) is 44.7 Å². The van der Waals surface area contributed by atoms with Crippen LogP contribution in [0, 0.1) is 0 Å². The van der Waals surface area contributed by atoms with Crippen molar-refractivity contribution in [3.05, 3.63) is 35.6 Å². The van der Waals surface area contributed by atoms with Gasteiger partial charge in [-0.3, -0.25) is 0 Å². The van der Waals surface area contributed by atoms with Gasteiger partial charge in [0.05, 0.1) is 18.7 Å². The SMILES string of the molecule is C[NH+](Cc1c(C(=O)[O-])oc2ccccc12)C1CCCCC1. The van der Waals surface area contributed by atoms with Gasteiger partial charge in [0, 0.05) is 5.39 Å². The highest BCUT2D eigenvalue weighted by molar-refractivity contribution is 5.93.